The minimum atomic E-state index is -0.612. The van der Waals surface area contributed by atoms with Crippen LogP contribution < -0.4 is 11.5 Å². The number of nitrogens with two attached hydrogens (primary N) is 2. The first-order valence-corrected chi connectivity index (χ1v) is 5.41. The molecule has 0 fully saturated rings. The molecule has 5 N–H and O–H groups in total. The average molecular weight is 208 g/mol. The van der Waals surface area contributed by atoms with E-state index in [1.54, 1.807) is 0 Å². The van der Waals surface area contributed by atoms with Gasteiger partial charge in [-0.25, -0.2) is 0 Å². The molecule has 1 aromatic rings. The highest BCUT2D eigenvalue weighted by molar-refractivity contribution is 5.24. The molecule has 0 amide bonds. The van der Waals surface area contributed by atoms with E-state index in [1.165, 1.54) is 5.56 Å². The second-order valence-corrected chi connectivity index (χ2v) is 3.78. The monoisotopic (exact) mass is 208 g/mol. The number of aliphatic hydroxyl groups excluding tert-OH is 1. The summed E-state index contributed by atoms with van der Waals surface area (Å²) in [5.74, 6) is 0. The molecule has 0 saturated heterocycles. The van der Waals surface area contributed by atoms with Crippen LogP contribution in [0.3, 0.4) is 0 Å². The van der Waals surface area contributed by atoms with Gasteiger partial charge in [0.1, 0.15) is 0 Å². The fraction of sp³-hybridized carbons (Fsp3) is 0.500. The minimum Gasteiger partial charge on any atom is -0.387 e. The van der Waals surface area contributed by atoms with Gasteiger partial charge in [0.25, 0.3) is 0 Å². The van der Waals surface area contributed by atoms with Crippen molar-refractivity contribution in [3.63, 3.8) is 0 Å². The first-order chi connectivity index (χ1) is 7.19. The topological polar surface area (TPSA) is 72.3 Å². The lowest BCUT2D eigenvalue weighted by Crippen LogP contribution is -2.30. The molecule has 0 aliphatic heterocycles. The molecule has 3 heteroatoms. The van der Waals surface area contributed by atoms with Gasteiger partial charge in [0.2, 0.25) is 0 Å². The summed E-state index contributed by atoms with van der Waals surface area (Å²) < 4.78 is 0. The van der Waals surface area contributed by atoms with Gasteiger partial charge >= 0.3 is 0 Å². The Morgan fingerprint density at radius 3 is 2.33 bits per heavy atom. The van der Waals surface area contributed by atoms with Crippen molar-refractivity contribution in [3.8, 4) is 0 Å². The molecule has 1 rings (SSSR count). The molecule has 0 saturated carbocycles. The zero-order chi connectivity index (χ0) is 11.3. The number of aliphatic hydroxyl groups is 1. The van der Waals surface area contributed by atoms with Crippen molar-refractivity contribution in [1.82, 2.24) is 0 Å². The van der Waals surface area contributed by atoms with E-state index in [0.29, 0.717) is 13.0 Å². The van der Waals surface area contributed by atoms with Gasteiger partial charge in [0.05, 0.1) is 6.10 Å². The summed E-state index contributed by atoms with van der Waals surface area (Å²) in [6, 6.07) is 7.63. The Hall–Kier alpha value is -0.900. The van der Waals surface area contributed by atoms with Crippen molar-refractivity contribution in [2.45, 2.75) is 31.9 Å². The van der Waals surface area contributed by atoms with Crippen LogP contribution in [0.5, 0.6) is 0 Å². The summed E-state index contributed by atoms with van der Waals surface area (Å²) in [6.45, 7) is 2.61. The second-order valence-electron chi connectivity index (χ2n) is 3.78. The summed E-state index contributed by atoms with van der Waals surface area (Å²) in [6.07, 6.45) is 1.03. The van der Waals surface area contributed by atoms with Crippen LogP contribution in [0, 0.1) is 0 Å². The Morgan fingerprint density at radius 1 is 1.27 bits per heavy atom. The van der Waals surface area contributed by atoms with Crippen LogP contribution >= 0.6 is 0 Å². The Bertz CT molecular complexity index is 284. The Labute approximate surface area is 91.1 Å². The maximum absolute atomic E-state index is 9.90. The fourth-order valence-electron chi connectivity index (χ4n) is 1.55. The third kappa shape index (κ3) is 3.30. The first-order valence-electron chi connectivity index (χ1n) is 5.41. The second kappa shape index (κ2) is 5.85. The lowest BCUT2D eigenvalue weighted by molar-refractivity contribution is 0.143. The highest BCUT2D eigenvalue weighted by Gasteiger charge is 2.15. The Morgan fingerprint density at radius 2 is 1.87 bits per heavy atom. The van der Waals surface area contributed by atoms with Crippen LogP contribution in [-0.4, -0.2) is 17.7 Å². The van der Waals surface area contributed by atoms with Gasteiger partial charge < -0.3 is 16.6 Å². The Kier molecular flexibility index (Phi) is 4.75. The van der Waals surface area contributed by atoms with Gasteiger partial charge in [-0.05, 0) is 30.5 Å². The third-order valence-corrected chi connectivity index (χ3v) is 2.64. The molecule has 15 heavy (non-hydrogen) atoms. The molecule has 0 bridgehead atoms. The van der Waals surface area contributed by atoms with E-state index in [9.17, 15) is 5.11 Å². The van der Waals surface area contributed by atoms with Gasteiger partial charge in [-0.1, -0.05) is 31.2 Å². The van der Waals surface area contributed by atoms with Crippen LogP contribution in [0.25, 0.3) is 0 Å². The van der Waals surface area contributed by atoms with Crippen LogP contribution in [0.15, 0.2) is 24.3 Å². The third-order valence-electron chi connectivity index (χ3n) is 2.64. The van der Waals surface area contributed by atoms with E-state index in [4.69, 9.17) is 11.5 Å². The number of aryl methyl sites for hydroxylation is 1. The normalized spacial score (nSPS) is 14.9. The smallest absolute Gasteiger partial charge is 0.0941 e. The molecule has 0 heterocycles. The molecule has 0 aliphatic carbocycles. The zero-order valence-corrected chi connectivity index (χ0v) is 9.19. The lowest BCUT2D eigenvalue weighted by Gasteiger charge is -2.18. The van der Waals surface area contributed by atoms with Crippen molar-refractivity contribution >= 4 is 0 Å². The largest absolute Gasteiger partial charge is 0.387 e. The number of rotatable bonds is 5. The SMILES string of the molecule is CCc1ccc(C(O)C(N)CCN)cc1. The van der Waals surface area contributed by atoms with Gasteiger partial charge in [-0.2, -0.15) is 0 Å². The lowest BCUT2D eigenvalue weighted by atomic mass is 9.99. The van der Waals surface area contributed by atoms with Crippen LogP contribution in [0.4, 0.5) is 0 Å². The standard InChI is InChI=1S/C12H20N2O/c1-2-9-3-5-10(6-4-9)12(15)11(14)7-8-13/h3-6,11-12,15H,2,7-8,13-14H2,1H3. The average Bonchev–Trinajstić information content (AvgIpc) is 2.28. The molecule has 0 spiro atoms. The van der Waals surface area contributed by atoms with Gasteiger partial charge in [0, 0.05) is 6.04 Å². The van der Waals surface area contributed by atoms with Crippen molar-refractivity contribution in [3.05, 3.63) is 35.4 Å². The van der Waals surface area contributed by atoms with Gasteiger partial charge in [0.15, 0.2) is 0 Å². The molecular weight excluding hydrogens is 188 g/mol. The van der Waals surface area contributed by atoms with Crippen molar-refractivity contribution in [1.29, 1.82) is 0 Å². The highest BCUT2D eigenvalue weighted by Crippen LogP contribution is 2.17. The van der Waals surface area contributed by atoms with E-state index in [-0.39, 0.29) is 6.04 Å². The number of hydrogen-bond donors (Lipinski definition) is 3. The van der Waals surface area contributed by atoms with Crippen molar-refractivity contribution in [2.24, 2.45) is 11.5 Å². The number of hydrogen-bond acceptors (Lipinski definition) is 3. The predicted molar refractivity (Wildman–Crippen MR) is 62.4 cm³/mol. The van der Waals surface area contributed by atoms with Gasteiger partial charge in [-0.3, -0.25) is 0 Å². The predicted octanol–water partition coefficient (Wildman–Crippen LogP) is 0.958. The van der Waals surface area contributed by atoms with Gasteiger partial charge in [-0.15, -0.1) is 0 Å². The van der Waals surface area contributed by atoms with Crippen molar-refractivity contribution < 1.29 is 5.11 Å². The molecule has 84 valence electrons. The number of benzene rings is 1. The molecule has 0 radical (unpaired) electrons. The van der Waals surface area contributed by atoms with E-state index in [2.05, 4.69) is 6.92 Å². The summed E-state index contributed by atoms with van der Waals surface area (Å²) in [5, 5.41) is 9.90. The highest BCUT2D eigenvalue weighted by atomic mass is 16.3. The van der Waals surface area contributed by atoms with E-state index in [1.807, 2.05) is 24.3 Å². The molecule has 2 atom stereocenters. The minimum absolute atomic E-state index is 0.275. The van der Waals surface area contributed by atoms with Crippen LogP contribution in [-0.2, 0) is 6.42 Å². The summed E-state index contributed by atoms with van der Waals surface area (Å²) >= 11 is 0. The summed E-state index contributed by atoms with van der Waals surface area (Å²) in [7, 11) is 0. The maximum atomic E-state index is 9.90. The first kappa shape index (κ1) is 12.2. The molecule has 1 aromatic carbocycles. The summed E-state index contributed by atoms with van der Waals surface area (Å²) in [5.41, 5.74) is 13.3. The van der Waals surface area contributed by atoms with E-state index < -0.39 is 6.10 Å². The molecule has 0 aromatic heterocycles. The molecule has 3 nitrogen and oxygen atoms in total. The fourth-order valence-corrected chi connectivity index (χ4v) is 1.55. The zero-order valence-electron chi connectivity index (χ0n) is 9.19. The Balaban J connectivity index is 2.69. The van der Waals surface area contributed by atoms with Crippen LogP contribution in [0.2, 0.25) is 0 Å². The van der Waals surface area contributed by atoms with E-state index >= 15 is 0 Å². The quantitative estimate of drug-likeness (QED) is 0.675. The molecule has 0 aliphatic rings. The van der Waals surface area contributed by atoms with Crippen molar-refractivity contribution in [2.75, 3.05) is 6.54 Å². The molecular formula is C12H20N2O. The van der Waals surface area contributed by atoms with Crippen LogP contribution in [0.1, 0.15) is 30.6 Å². The van der Waals surface area contributed by atoms with E-state index in [0.717, 1.165) is 12.0 Å². The summed E-state index contributed by atoms with van der Waals surface area (Å²) in [4.78, 5) is 0. The molecule has 2 unspecified atom stereocenters. The maximum Gasteiger partial charge on any atom is 0.0941 e.